The van der Waals surface area contributed by atoms with Gasteiger partial charge in [-0.2, -0.15) is 0 Å². The van der Waals surface area contributed by atoms with Crippen molar-refractivity contribution in [1.82, 2.24) is 9.55 Å². The van der Waals surface area contributed by atoms with Crippen LogP contribution in [0.25, 0.3) is 0 Å². The van der Waals surface area contributed by atoms with Crippen LogP contribution in [0.15, 0.2) is 6.20 Å². The molecule has 14 heavy (non-hydrogen) atoms. The average molecular weight is 192 g/mol. The van der Waals surface area contributed by atoms with Gasteiger partial charge in [0, 0.05) is 24.4 Å². The van der Waals surface area contributed by atoms with E-state index in [-0.39, 0.29) is 0 Å². The normalized spacial score (nSPS) is 21.3. The first-order valence-electron chi connectivity index (χ1n) is 5.76. The second-order valence-electron chi connectivity index (χ2n) is 4.68. The molecule has 1 aliphatic heterocycles. The molecule has 1 unspecified atom stereocenters. The summed E-state index contributed by atoms with van der Waals surface area (Å²) in [6.07, 6.45) is 5.95. The van der Waals surface area contributed by atoms with Crippen molar-refractivity contribution in [3.8, 4) is 0 Å². The smallest absolute Gasteiger partial charge is 0.111 e. The van der Waals surface area contributed by atoms with Gasteiger partial charge in [-0.05, 0) is 18.8 Å². The van der Waals surface area contributed by atoms with E-state index < -0.39 is 0 Å². The Hall–Kier alpha value is -0.790. The van der Waals surface area contributed by atoms with Gasteiger partial charge in [-0.1, -0.05) is 27.2 Å². The SMILES string of the molecule is CCC1CCn2c(cnc2C(C)C)C1. The zero-order valence-corrected chi connectivity index (χ0v) is 9.45. The Labute approximate surface area is 86.3 Å². The number of rotatable bonds is 2. The van der Waals surface area contributed by atoms with E-state index in [1.165, 1.54) is 37.3 Å². The third-order valence-electron chi connectivity index (χ3n) is 3.32. The van der Waals surface area contributed by atoms with Gasteiger partial charge in [0.1, 0.15) is 5.82 Å². The number of aromatic nitrogens is 2. The summed E-state index contributed by atoms with van der Waals surface area (Å²) in [5, 5.41) is 0. The van der Waals surface area contributed by atoms with Crippen LogP contribution in [0.5, 0.6) is 0 Å². The van der Waals surface area contributed by atoms with E-state index in [4.69, 9.17) is 0 Å². The fraction of sp³-hybridized carbons (Fsp3) is 0.750. The zero-order valence-electron chi connectivity index (χ0n) is 9.45. The van der Waals surface area contributed by atoms with Crippen LogP contribution in [0.2, 0.25) is 0 Å². The molecular formula is C12H20N2. The van der Waals surface area contributed by atoms with E-state index in [0.717, 1.165) is 5.92 Å². The molecule has 78 valence electrons. The molecule has 2 heteroatoms. The first-order valence-corrected chi connectivity index (χ1v) is 5.76. The highest BCUT2D eigenvalue weighted by molar-refractivity contribution is 5.11. The monoisotopic (exact) mass is 192 g/mol. The number of hydrogen-bond donors (Lipinski definition) is 0. The van der Waals surface area contributed by atoms with Crippen LogP contribution in [0.1, 0.15) is 51.0 Å². The van der Waals surface area contributed by atoms with Gasteiger partial charge in [-0.25, -0.2) is 4.98 Å². The number of fused-ring (bicyclic) bond motifs is 1. The topological polar surface area (TPSA) is 17.8 Å². The first-order chi connectivity index (χ1) is 6.72. The van der Waals surface area contributed by atoms with Gasteiger partial charge in [0.25, 0.3) is 0 Å². The summed E-state index contributed by atoms with van der Waals surface area (Å²) < 4.78 is 2.43. The summed E-state index contributed by atoms with van der Waals surface area (Å²) in [5.74, 6) is 2.72. The van der Waals surface area contributed by atoms with Crippen molar-refractivity contribution in [1.29, 1.82) is 0 Å². The lowest BCUT2D eigenvalue weighted by molar-refractivity contribution is 0.371. The van der Waals surface area contributed by atoms with Crippen LogP contribution in [0, 0.1) is 5.92 Å². The largest absolute Gasteiger partial charge is 0.332 e. The van der Waals surface area contributed by atoms with E-state index in [1.807, 2.05) is 0 Å². The van der Waals surface area contributed by atoms with Gasteiger partial charge in [0.05, 0.1) is 0 Å². The molecular weight excluding hydrogens is 172 g/mol. The summed E-state index contributed by atoms with van der Waals surface area (Å²) in [6, 6.07) is 0. The maximum atomic E-state index is 4.53. The van der Waals surface area contributed by atoms with Gasteiger partial charge in [0.15, 0.2) is 0 Å². The van der Waals surface area contributed by atoms with Crippen molar-refractivity contribution in [3.63, 3.8) is 0 Å². The van der Waals surface area contributed by atoms with Gasteiger partial charge < -0.3 is 4.57 Å². The van der Waals surface area contributed by atoms with E-state index >= 15 is 0 Å². The molecule has 0 saturated carbocycles. The maximum Gasteiger partial charge on any atom is 0.111 e. The summed E-state index contributed by atoms with van der Waals surface area (Å²) >= 11 is 0. The van der Waals surface area contributed by atoms with Crippen molar-refractivity contribution in [2.75, 3.05) is 0 Å². The van der Waals surface area contributed by atoms with Gasteiger partial charge in [-0.3, -0.25) is 0 Å². The zero-order chi connectivity index (χ0) is 10.1. The fourth-order valence-corrected chi connectivity index (χ4v) is 2.37. The maximum absolute atomic E-state index is 4.53. The second-order valence-corrected chi connectivity index (χ2v) is 4.68. The molecule has 0 aliphatic carbocycles. The van der Waals surface area contributed by atoms with Crippen molar-refractivity contribution in [3.05, 3.63) is 17.7 Å². The number of hydrogen-bond acceptors (Lipinski definition) is 1. The fourth-order valence-electron chi connectivity index (χ4n) is 2.37. The van der Waals surface area contributed by atoms with Crippen LogP contribution in [-0.2, 0) is 13.0 Å². The second kappa shape index (κ2) is 3.76. The molecule has 1 aliphatic rings. The molecule has 1 aromatic heterocycles. The Balaban J connectivity index is 2.25. The van der Waals surface area contributed by atoms with Crippen LogP contribution in [-0.4, -0.2) is 9.55 Å². The van der Waals surface area contributed by atoms with E-state index in [1.54, 1.807) is 0 Å². The molecule has 0 spiro atoms. The van der Waals surface area contributed by atoms with Crippen molar-refractivity contribution >= 4 is 0 Å². The minimum Gasteiger partial charge on any atom is -0.332 e. The highest BCUT2D eigenvalue weighted by Crippen LogP contribution is 2.26. The highest BCUT2D eigenvalue weighted by atomic mass is 15.1. The molecule has 2 heterocycles. The lowest BCUT2D eigenvalue weighted by Gasteiger charge is -2.24. The van der Waals surface area contributed by atoms with Crippen LogP contribution >= 0.6 is 0 Å². The van der Waals surface area contributed by atoms with Gasteiger partial charge >= 0.3 is 0 Å². The van der Waals surface area contributed by atoms with Gasteiger partial charge in [0.2, 0.25) is 0 Å². The molecule has 2 nitrogen and oxygen atoms in total. The first kappa shape index (κ1) is 9.75. The van der Waals surface area contributed by atoms with Crippen molar-refractivity contribution in [2.24, 2.45) is 5.92 Å². The van der Waals surface area contributed by atoms with Crippen LogP contribution in [0.3, 0.4) is 0 Å². The molecule has 0 aromatic carbocycles. The molecule has 0 fully saturated rings. The predicted octanol–water partition coefficient (Wildman–Crippen LogP) is 2.98. The lowest BCUT2D eigenvalue weighted by atomic mass is 9.94. The average Bonchev–Trinajstić information content (AvgIpc) is 2.59. The molecule has 1 atom stereocenters. The Morgan fingerprint density at radius 1 is 1.57 bits per heavy atom. The molecule has 0 bridgehead atoms. The van der Waals surface area contributed by atoms with Gasteiger partial charge in [-0.15, -0.1) is 0 Å². The quantitative estimate of drug-likeness (QED) is 0.704. The Morgan fingerprint density at radius 3 is 3.00 bits per heavy atom. The molecule has 1 aromatic rings. The van der Waals surface area contributed by atoms with Crippen LogP contribution in [0.4, 0.5) is 0 Å². The summed E-state index contributed by atoms with van der Waals surface area (Å²) in [7, 11) is 0. The Bertz CT molecular complexity index is 312. The summed E-state index contributed by atoms with van der Waals surface area (Å²) in [6.45, 7) is 7.92. The molecule has 0 radical (unpaired) electrons. The lowest BCUT2D eigenvalue weighted by Crippen LogP contribution is -2.20. The van der Waals surface area contributed by atoms with E-state index in [0.29, 0.717) is 5.92 Å². The van der Waals surface area contributed by atoms with E-state index in [9.17, 15) is 0 Å². The molecule has 0 saturated heterocycles. The van der Waals surface area contributed by atoms with Crippen molar-refractivity contribution in [2.45, 2.75) is 52.5 Å². The molecule has 0 amide bonds. The molecule has 2 rings (SSSR count). The molecule has 0 N–H and O–H groups in total. The minimum absolute atomic E-state index is 0.557. The minimum atomic E-state index is 0.557. The third-order valence-corrected chi connectivity index (χ3v) is 3.32. The Morgan fingerprint density at radius 2 is 2.36 bits per heavy atom. The summed E-state index contributed by atoms with van der Waals surface area (Å²) in [4.78, 5) is 4.53. The summed E-state index contributed by atoms with van der Waals surface area (Å²) in [5.41, 5.74) is 1.45. The predicted molar refractivity (Wildman–Crippen MR) is 58.4 cm³/mol. The standard InChI is InChI=1S/C12H20N2/c1-4-10-5-6-14-11(7-10)8-13-12(14)9(2)3/h8-10H,4-7H2,1-3H3. The highest BCUT2D eigenvalue weighted by Gasteiger charge is 2.20. The Kier molecular flexibility index (Phi) is 2.62. The number of nitrogens with zero attached hydrogens (tertiary/aromatic N) is 2. The number of imidazole rings is 1. The van der Waals surface area contributed by atoms with Crippen molar-refractivity contribution < 1.29 is 0 Å². The third kappa shape index (κ3) is 1.58. The van der Waals surface area contributed by atoms with E-state index in [2.05, 4.69) is 36.5 Å². The van der Waals surface area contributed by atoms with Crippen LogP contribution < -0.4 is 0 Å².